The first-order valence-corrected chi connectivity index (χ1v) is 9.89. The summed E-state index contributed by atoms with van der Waals surface area (Å²) in [5.74, 6) is -2.32. The van der Waals surface area contributed by atoms with Crippen LogP contribution in [0.1, 0.15) is 40.6 Å². The van der Waals surface area contributed by atoms with Gasteiger partial charge in [0.2, 0.25) is 16.0 Å². The van der Waals surface area contributed by atoms with E-state index in [2.05, 4.69) is 5.32 Å². The Morgan fingerprint density at radius 1 is 1.18 bits per heavy atom. The molecule has 1 heterocycles. The molecule has 0 amide bonds. The average molecular weight is 407 g/mol. The topological polar surface area (TPSA) is 90.3 Å². The number of benzene rings is 2. The Hall–Kier alpha value is -2.81. The Kier molecular flexibility index (Phi) is 4.74. The molecule has 0 spiro atoms. The van der Waals surface area contributed by atoms with Crippen LogP contribution in [-0.4, -0.2) is 31.5 Å². The lowest BCUT2D eigenvalue weighted by atomic mass is 9.84. The highest BCUT2D eigenvalue weighted by atomic mass is 32.2. The van der Waals surface area contributed by atoms with E-state index in [1.807, 2.05) is 0 Å². The predicted molar refractivity (Wildman–Crippen MR) is 100 cm³/mol. The van der Waals surface area contributed by atoms with E-state index >= 15 is 0 Å². The molecule has 2 atom stereocenters. The molecule has 1 saturated heterocycles. The van der Waals surface area contributed by atoms with Gasteiger partial charge in [-0.25, -0.2) is 21.5 Å². The molecule has 0 radical (unpaired) electrons. The Balaban J connectivity index is 2.25. The number of ketones is 1. The molecule has 6 nitrogen and oxygen atoms in total. The Morgan fingerprint density at radius 3 is 2.32 bits per heavy atom. The van der Waals surface area contributed by atoms with Gasteiger partial charge in [-0.05, 0) is 25.5 Å². The van der Waals surface area contributed by atoms with Crippen molar-refractivity contribution in [3.8, 4) is 0 Å². The van der Waals surface area contributed by atoms with Crippen molar-refractivity contribution >= 4 is 21.8 Å². The normalized spacial score (nSPS) is 24.0. The highest BCUT2D eigenvalue weighted by Gasteiger charge is 2.53. The highest BCUT2D eigenvalue weighted by Crippen LogP contribution is 2.45. The van der Waals surface area contributed by atoms with E-state index < -0.39 is 38.4 Å². The van der Waals surface area contributed by atoms with E-state index in [1.54, 1.807) is 0 Å². The van der Waals surface area contributed by atoms with Crippen molar-refractivity contribution in [2.45, 2.75) is 24.6 Å². The maximum absolute atomic E-state index is 14.6. The lowest BCUT2D eigenvalue weighted by molar-refractivity contribution is 0.101. The number of guanidine groups is 1. The quantitative estimate of drug-likeness (QED) is 0.766. The number of Topliss-reactive ketones (excluding diaryl/α,β-unsaturated/α-hetero) is 1. The van der Waals surface area contributed by atoms with Gasteiger partial charge >= 0.3 is 0 Å². The second-order valence-electron chi connectivity index (χ2n) is 6.87. The van der Waals surface area contributed by atoms with E-state index in [1.165, 1.54) is 51.2 Å². The van der Waals surface area contributed by atoms with Crippen LogP contribution in [0.5, 0.6) is 0 Å². The number of rotatable bonds is 3. The van der Waals surface area contributed by atoms with Gasteiger partial charge in [0.1, 0.15) is 16.9 Å². The van der Waals surface area contributed by atoms with Gasteiger partial charge < -0.3 is 5.32 Å². The number of nitrogens with zero attached hydrogens (tertiary/aromatic N) is 1. The summed E-state index contributed by atoms with van der Waals surface area (Å²) in [6.45, 7) is 2.84. The SMILES string of the molecule is CC(=O)c1ccc([C@H]2[C@@](C)(c3ccc(F)cc3F)NC(=N)N(C)S2(=O)=O)cc1. The van der Waals surface area contributed by atoms with Crippen molar-refractivity contribution < 1.29 is 22.0 Å². The summed E-state index contributed by atoms with van der Waals surface area (Å²) in [6, 6.07) is 8.85. The summed E-state index contributed by atoms with van der Waals surface area (Å²) < 4.78 is 55.2. The van der Waals surface area contributed by atoms with Crippen LogP contribution in [0.4, 0.5) is 8.78 Å². The van der Waals surface area contributed by atoms with Gasteiger partial charge in [0, 0.05) is 24.2 Å². The molecule has 2 aromatic carbocycles. The van der Waals surface area contributed by atoms with E-state index in [4.69, 9.17) is 5.41 Å². The van der Waals surface area contributed by atoms with Crippen LogP contribution in [0.25, 0.3) is 0 Å². The fourth-order valence-electron chi connectivity index (χ4n) is 3.49. The second kappa shape index (κ2) is 6.66. The van der Waals surface area contributed by atoms with Crippen molar-refractivity contribution in [2.75, 3.05) is 7.05 Å². The minimum Gasteiger partial charge on any atom is -0.345 e. The first-order valence-electron chi connectivity index (χ1n) is 8.39. The monoisotopic (exact) mass is 407 g/mol. The van der Waals surface area contributed by atoms with E-state index in [0.29, 0.717) is 17.2 Å². The minimum absolute atomic E-state index is 0.0871. The van der Waals surface area contributed by atoms with Crippen molar-refractivity contribution in [2.24, 2.45) is 0 Å². The minimum atomic E-state index is -4.12. The second-order valence-corrected chi connectivity index (χ2v) is 8.92. The molecular weight excluding hydrogens is 388 g/mol. The third-order valence-corrected chi connectivity index (χ3v) is 7.29. The van der Waals surface area contributed by atoms with E-state index in [-0.39, 0.29) is 11.3 Å². The first-order chi connectivity index (χ1) is 13.0. The standard InChI is InChI=1S/C19H19F2N3O3S/c1-11(25)12-4-6-13(7-5-12)17-19(2,15-9-8-14(20)10-16(15)21)23-18(22)24(3)28(17,26)27/h4-10,17H,1-3H3,(H2,22,23)/t17-,19+/m0/s1. The lowest BCUT2D eigenvalue weighted by Gasteiger charge is -2.46. The molecule has 2 N–H and O–H groups in total. The Labute approximate surface area is 161 Å². The zero-order valence-corrected chi connectivity index (χ0v) is 16.3. The van der Waals surface area contributed by atoms with Crippen LogP contribution in [0, 0.1) is 17.0 Å². The molecule has 148 valence electrons. The maximum atomic E-state index is 14.6. The molecule has 1 aliphatic rings. The van der Waals surface area contributed by atoms with Crippen molar-refractivity contribution in [3.05, 3.63) is 70.8 Å². The summed E-state index contributed by atoms with van der Waals surface area (Å²) >= 11 is 0. The van der Waals surface area contributed by atoms with Gasteiger partial charge in [-0.3, -0.25) is 10.2 Å². The van der Waals surface area contributed by atoms with E-state index in [0.717, 1.165) is 10.4 Å². The number of hydrogen-bond acceptors (Lipinski definition) is 4. The summed E-state index contributed by atoms with van der Waals surface area (Å²) in [5.41, 5.74) is -0.961. The average Bonchev–Trinajstić information content (AvgIpc) is 2.60. The third kappa shape index (κ3) is 3.05. The summed E-state index contributed by atoms with van der Waals surface area (Å²) in [6.07, 6.45) is 0. The number of sulfonamides is 1. The molecular formula is C19H19F2N3O3S. The van der Waals surface area contributed by atoms with Gasteiger partial charge in [-0.2, -0.15) is 0 Å². The van der Waals surface area contributed by atoms with Crippen LogP contribution >= 0.6 is 0 Å². The predicted octanol–water partition coefficient (Wildman–Crippen LogP) is 2.92. The smallest absolute Gasteiger partial charge is 0.246 e. The van der Waals surface area contributed by atoms with Crippen LogP contribution in [0.15, 0.2) is 42.5 Å². The molecule has 9 heteroatoms. The molecule has 0 saturated carbocycles. The van der Waals surface area contributed by atoms with Gasteiger partial charge in [0.25, 0.3) is 0 Å². The molecule has 0 aromatic heterocycles. The number of halogens is 2. The van der Waals surface area contributed by atoms with Crippen molar-refractivity contribution in [1.82, 2.24) is 9.62 Å². The van der Waals surface area contributed by atoms with Crippen molar-refractivity contribution in [1.29, 1.82) is 5.41 Å². The molecule has 1 fully saturated rings. The van der Waals surface area contributed by atoms with Gasteiger partial charge in [-0.15, -0.1) is 0 Å². The fraction of sp³-hybridized carbons (Fsp3) is 0.263. The summed E-state index contributed by atoms with van der Waals surface area (Å²) in [7, 11) is -2.89. The Bertz CT molecular complexity index is 1070. The largest absolute Gasteiger partial charge is 0.345 e. The van der Waals surface area contributed by atoms with Crippen LogP contribution in [0.2, 0.25) is 0 Å². The van der Waals surface area contributed by atoms with Gasteiger partial charge in [0.15, 0.2) is 5.78 Å². The van der Waals surface area contributed by atoms with Crippen molar-refractivity contribution in [3.63, 3.8) is 0 Å². The fourth-order valence-corrected chi connectivity index (χ4v) is 5.39. The highest BCUT2D eigenvalue weighted by molar-refractivity contribution is 7.90. The maximum Gasteiger partial charge on any atom is 0.246 e. The first kappa shape index (κ1) is 19.9. The van der Waals surface area contributed by atoms with Gasteiger partial charge in [-0.1, -0.05) is 30.3 Å². The molecule has 28 heavy (non-hydrogen) atoms. The number of carbonyl (C=O) groups is 1. The zero-order chi connectivity index (χ0) is 20.9. The number of hydrogen-bond donors (Lipinski definition) is 2. The number of carbonyl (C=O) groups excluding carboxylic acids is 1. The Morgan fingerprint density at radius 2 is 1.79 bits per heavy atom. The molecule has 1 aliphatic heterocycles. The van der Waals surface area contributed by atoms with Crippen LogP contribution < -0.4 is 5.32 Å². The third-order valence-electron chi connectivity index (χ3n) is 5.01. The van der Waals surface area contributed by atoms with Crippen LogP contribution in [-0.2, 0) is 15.6 Å². The molecule has 2 aromatic rings. The van der Waals surface area contributed by atoms with Crippen LogP contribution in [0.3, 0.4) is 0 Å². The van der Waals surface area contributed by atoms with E-state index in [9.17, 15) is 22.0 Å². The number of nitrogens with one attached hydrogen (secondary N) is 2. The molecule has 0 unspecified atom stereocenters. The molecule has 0 aliphatic carbocycles. The zero-order valence-electron chi connectivity index (χ0n) is 15.5. The summed E-state index contributed by atoms with van der Waals surface area (Å²) in [5, 5.41) is 9.45. The van der Waals surface area contributed by atoms with Gasteiger partial charge in [0.05, 0.1) is 5.54 Å². The lowest BCUT2D eigenvalue weighted by Crippen LogP contribution is -2.62. The molecule has 3 rings (SSSR count). The molecule has 0 bridgehead atoms. The summed E-state index contributed by atoms with van der Waals surface area (Å²) in [4.78, 5) is 11.5.